The van der Waals surface area contributed by atoms with E-state index in [4.69, 9.17) is 14.2 Å². The molecule has 0 saturated carbocycles. The van der Waals surface area contributed by atoms with Crippen molar-refractivity contribution in [3.63, 3.8) is 0 Å². The summed E-state index contributed by atoms with van der Waals surface area (Å²) in [4.78, 5) is 37.9. The van der Waals surface area contributed by atoms with E-state index in [9.17, 15) is 14.4 Å². The maximum Gasteiger partial charge on any atom is 0.306 e. The number of rotatable bonds is 56. The molecule has 0 fully saturated rings. The van der Waals surface area contributed by atoms with Gasteiger partial charge >= 0.3 is 17.9 Å². The van der Waals surface area contributed by atoms with Crippen molar-refractivity contribution in [2.75, 3.05) is 13.2 Å². The fraction of sp³-hybridized carbons (Fsp3) is 0.721. The maximum atomic E-state index is 12.8. The zero-order valence-corrected chi connectivity index (χ0v) is 48.6. The number of hydrogen-bond acceptors (Lipinski definition) is 6. The van der Waals surface area contributed by atoms with E-state index in [1.165, 1.54) is 161 Å². The van der Waals surface area contributed by atoms with Crippen LogP contribution in [0.25, 0.3) is 0 Å². The summed E-state index contributed by atoms with van der Waals surface area (Å²) in [5.74, 6) is -0.962. The number of allylic oxidation sites excluding steroid dienone is 16. The number of carbonyl (C=O) groups excluding carboxylic acids is 3. The van der Waals surface area contributed by atoms with Gasteiger partial charge in [-0.3, -0.25) is 14.4 Å². The molecule has 0 spiro atoms. The van der Waals surface area contributed by atoms with Gasteiger partial charge < -0.3 is 14.2 Å². The first-order valence-electron chi connectivity index (χ1n) is 31.2. The van der Waals surface area contributed by atoms with Crippen molar-refractivity contribution in [2.45, 2.75) is 303 Å². The Bertz CT molecular complexity index is 1460. The highest BCUT2D eigenvalue weighted by atomic mass is 16.6. The van der Waals surface area contributed by atoms with E-state index in [-0.39, 0.29) is 37.5 Å². The lowest BCUT2D eigenvalue weighted by molar-refractivity contribution is -0.167. The number of carbonyl (C=O) groups is 3. The number of unbranched alkanes of at least 4 members (excludes halogenated alkanes) is 29. The minimum Gasteiger partial charge on any atom is -0.462 e. The van der Waals surface area contributed by atoms with Crippen molar-refractivity contribution in [3.05, 3.63) is 97.2 Å². The fourth-order valence-corrected chi connectivity index (χ4v) is 8.66. The molecule has 0 amide bonds. The van der Waals surface area contributed by atoms with Gasteiger partial charge in [-0.2, -0.15) is 0 Å². The molecular formula is C68H116O6. The molecule has 424 valence electrons. The quantitative estimate of drug-likeness (QED) is 0.0261. The van der Waals surface area contributed by atoms with E-state index in [0.717, 1.165) is 89.9 Å². The van der Waals surface area contributed by atoms with Crippen LogP contribution in [0.5, 0.6) is 0 Å². The summed E-state index contributed by atoms with van der Waals surface area (Å²) in [5.41, 5.74) is 0. The van der Waals surface area contributed by atoms with Crippen LogP contribution in [0.15, 0.2) is 97.2 Å². The molecule has 74 heavy (non-hydrogen) atoms. The molecule has 0 aliphatic carbocycles. The Hall–Kier alpha value is -3.67. The maximum absolute atomic E-state index is 12.8. The third-order valence-electron chi connectivity index (χ3n) is 13.3. The molecule has 1 unspecified atom stereocenters. The lowest BCUT2D eigenvalue weighted by Gasteiger charge is -2.18. The summed E-state index contributed by atoms with van der Waals surface area (Å²) >= 11 is 0. The Morgan fingerprint density at radius 3 is 0.865 bits per heavy atom. The first kappa shape index (κ1) is 70.3. The molecule has 0 aliphatic heterocycles. The molecule has 0 N–H and O–H groups in total. The molecular weight excluding hydrogens is 913 g/mol. The van der Waals surface area contributed by atoms with E-state index < -0.39 is 6.10 Å². The van der Waals surface area contributed by atoms with Crippen LogP contribution >= 0.6 is 0 Å². The van der Waals surface area contributed by atoms with Gasteiger partial charge in [0.2, 0.25) is 0 Å². The Morgan fingerprint density at radius 2 is 0.541 bits per heavy atom. The molecule has 0 heterocycles. The molecule has 6 nitrogen and oxygen atoms in total. The van der Waals surface area contributed by atoms with Crippen LogP contribution in [0.3, 0.4) is 0 Å². The zero-order chi connectivity index (χ0) is 53.6. The molecule has 0 aromatic heterocycles. The molecule has 0 saturated heterocycles. The lowest BCUT2D eigenvalue weighted by atomic mass is 10.0. The summed E-state index contributed by atoms with van der Waals surface area (Å²) < 4.78 is 16.7. The summed E-state index contributed by atoms with van der Waals surface area (Å²) in [6, 6.07) is 0. The van der Waals surface area contributed by atoms with Crippen LogP contribution in [0.1, 0.15) is 297 Å². The van der Waals surface area contributed by atoms with Crippen molar-refractivity contribution >= 4 is 17.9 Å². The third-order valence-corrected chi connectivity index (χ3v) is 13.3. The third kappa shape index (κ3) is 59.2. The second-order valence-electron chi connectivity index (χ2n) is 20.6. The molecule has 0 aromatic rings. The van der Waals surface area contributed by atoms with Gasteiger partial charge in [-0.05, 0) is 96.3 Å². The van der Waals surface area contributed by atoms with Crippen molar-refractivity contribution < 1.29 is 28.6 Å². The Labute approximate surface area is 457 Å². The van der Waals surface area contributed by atoms with Gasteiger partial charge in [0, 0.05) is 19.3 Å². The average Bonchev–Trinajstić information content (AvgIpc) is 3.40. The molecule has 0 aliphatic rings. The summed E-state index contributed by atoms with van der Waals surface area (Å²) in [6.45, 7) is 6.42. The molecule has 0 aromatic carbocycles. The minimum atomic E-state index is -0.803. The Balaban J connectivity index is 4.04. The molecule has 0 bridgehead atoms. The summed E-state index contributed by atoms with van der Waals surface area (Å²) in [6.07, 6.45) is 83.3. The Morgan fingerprint density at radius 1 is 0.284 bits per heavy atom. The number of esters is 3. The highest BCUT2D eigenvalue weighted by Crippen LogP contribution is 2.16. The first-order chi connectivity index (χ1) is 36.5. The van der Waals surface area contributed by atoms with Crippen LogP contribution in [-0.4, -0.2) is 37.2 Å². The van der Waals surface area contributed by atoms with Crippen molar-refractivity contribution in [2.24, 2.45) is 0 Å². The van der Waals surface area contributed by atoms with E-state index >= 15 is 0 Å². The normalized spacial score (nSPS) is 12.7. The average molecular weight is 1030 g/mol. The van der Waals surface area contributed by atoms with Crippen LogP contribution < -0.4 is 0 Å². The van der Waals surface area contributed by atoms with Gasteiger partial charge in [0.1, 0.15) is 13.2 Å². The van der Waals surface area contributed by atoms with Crippen LogP contribution in [0.4, 0.5) is 0 Å². The van der Waals surface area contributed by atoms with Crippen molar-refractivity contribution in [3.8, 4) is 0 Å². The fourth-order valence-electron chi connectivity index (χ4n) is 8.66. The van der Waals surface area contributed by atoms with Gasteiger partial charge in [-0.15, -0.1) is 0 Å². The van der Waals surface area contributed by atoms with E-state index in [2.05, 4.69) is 118 Å². The monoisotopic (exact) mass is 1030 g/mol. The Kier molecular flexibility index (Phi) is 58.8. The van der Waals surface area contributed by atoms with Gasteiger partial charge in [0.15, 0.2) is 6.10 Å². The topological polar surface area (TPSA) is 78.9 Å². The highest BCUT2D eigenvalue weighted by molar-refractivity contribution is 5.71. The molecule has 0 rings (SSSR count). The molecule has 6 heteroatoms. The SMILES string of the molecule is CC/C=C\C/C=C\C/C=C\C/C=C\C/C=C\CCCC(=O)OC(COC(=O)CCCCCCCC)COC(=O)CCCCCCCCCCCCCCCCCCCC/C=C\C/C=C\C/C=C\CCCCCCC. The van der Waals surface area contributed by atoms with Crippen LogP contribution in [0, 0.1) is 0 Å². The van der Waals surface area contributed by atoms with Gasteiger partial charge in [0.25, 0.3) is 0 Å². The predicted molar refractivity (Wildman–Crippen MR) is 320 cm³/mol. The second kappa shape index (κ2) is 61.9. The van der Waals surface area contributed by atoms with Crippen molar-refractivity contribution in [1.82, 2.24) is 0 Å². The summed E-state index contributed by atoms with van der Waals surface area (Å²) in [5, 5.41) is 0. The van der Waals surface area contributed by atoms with Gasteiger partial charge in [-0.1, -0.05) is 279 Å². The largest absolute Gasteiger partial charge is 0.462 e. The standard InChI is InChI=1S/C68H116O6/c1-4-7-10-13-16-18-20-22-24-26-27-28-29-30-31-32-33-34-35-36-37-38-39-40-41-43-44-46-48-50-52-55-58-61-67(70)73-64-65(63-72-66(69)60-57-54-15-12-9-6-3)74-68(71)62-59-56-53-51-49-47-45-42-25-23-21-19-17-14-11-8-5-2/h8,11,17,19-20,22-23,25-27,29-30,45,47,51,53,65H,4-7,9-10,12-16,18,21,24,28,31-44,46,48-50,52,54-64H2,1-3H3/b11-8-,19-17-,22-20-,25-23-,27-26-,30-29-,47-45-,53-51-. The molecule has 0 radical (unpaired) electrons. The minimum absolute atomic E-state index is 0.0980. The smallest absolute Gasteiger partial charge is 0.306 e. The predicted octanol–water partition coefficient (Wildman–Crippen LogP) is 21.3. The summed E-state index contributed by atoms with van der Waals surface area (Å²) in [7, 11) is 0. The van der Waals surface area contributed by atoms with Gasteiger partial charge in [-0.25, -0.2) is 0 Å². The number of ether oxygens (including phenoxy) is 3. The lowest BCUT2D eigenvalue weighted by Crippen LogP contribution is -2.30. The number of hydrogen-bond donors (Lipinski definition) is 0. The highest BCUT2D eigenvalue weighted by Gasteiger charge is 2.19. The zero-order valence-electron chi connectivity index (χ0n) is 48.6. The van der Waals surface area contributed by atoms with Crippen LogP contribution in [-0.2, 0) is 28.6 Å². The van der Waals surface area contributed by atoms with Crippen molar-refractivity contribution in [1.29, 1.82) is 0 Å². The first-order valence-corrected chi connectivity index (χ1v) is 31.2. The van der Waals surface area contributed by atoms with Gasteiger partial charge in [0.05, 0.1) is 0 Å². The second-order valence-corrected chi connectivity index (χ2v) is 20.6. The van der Waals surface area contributed by atoms with E-state index in [1.54, 1.807) is 0 Å². The molecule has 1 atom stereocenters. The van der Waals surface area contributed by atoms with E-state index in [0.29, 0.717) is 19.3 Å². The van der Waals surface area contributed by atoms with E-state index in [1.807, 2.05) is 0 Å². The van der Waals surface area contributed by atoms with Crippen LogP contribution in [0.2, 0.25) is 0 Å².